The van der Waals surface area contributed by atoms with Crippen molar-refractivity contribution in [3.05, 3.63) is 17.5 Å². The van der Waals surface area contributed by atoms with E-state index < -0.39 is 17.6 Å². The number of rotatable bonds is 5. The van der Waals surface area contributed by atoms with Gasteiger partial charge in [-0.25, -0.2) is 9.59 Å². The third-order valence-corrected chi connectivity index (χ3v) is 2.61. The highest BCUT2D eigenvalue weighted by atomic mass is 16.4. The van der Waals surface area contributed by atoms with Crippen LogP contribution >= 0.6 is 0 Å². The molecule has 8 heteroatoms. The van der Waals surface area contributed by atoms with Gasteiger partial charge >= 0.3 is 12.0 Å². The van der Waals surface area contributed by atoms with Gasteiger partial charge in [0, 0.05) is 25.4 Å². The number of carboxylic acids is 1. The molecule has 0 saturated carbocycles. The number of aryl methyl sites for hydroxylation is 2. The minimum Gasteiger partial charge on any atom is -0.479 e. The van der Waals surface area contributed by atoms with E-state index in [1.165, 1.54) is 0 Å². The van der Waals surface area contributed by atoms with Crippen molar-refractivity contribution in [2.75, 3.05) is 6.54 Å². The van der Waals surface area contributed by atoms with Crippen molar-refractivity contribution in [3.8, 4) is 0 Å². The van der Waals surface area contributed by atoms with Crippen molar-refractivity contribution in [2.45, 2.75) is 26.0 Å². The largest absolute Gasteiger partial charge is 0.479 e. The summed E-state index contributed by atoms with van der Waals surface area (Å²) in [6, 6.07) is -0.551. The summed E-state index contributed by atoms with van der Waals surface area (Å²) >= 11 is 0. The van der Waals surface area contributed by atoms with Gasteiger partial charge in [0.05, 0.1) is 12.2 Å². The van der Waals surface area contributed by atoms with E-state index in [0.29, 0.717) is 0 Å². The fourth-order valence-corrected chi connectivity index (χ4v) is 1.39. The first-order valence-corrected chi connectivity index (χ1v) is 5.69. The number of amides is 2. The number of hydrogen-bond acceptors (Lipinski definition) is 4. The molecule has 1 atom stereocenters. The average molecular weight is 270 g/mol. The summed E-state index contributed by atoms with van der Waals surface area (Å²) in [6.45, 7) is 2.84. The molecule has 0 spiro atoms. The SMILES string of the molecule is Cc1nn(C)cc1CNC(=O)NCC(C)(O)C(=O)O. The highest BCUT2D eigenvalue weighted by Gasteiger charge is 2.30. The Balaban J connectivity index is 2.41. The first kappa shape index (κ1) is 15.0. The molecule has 2 amide bonds. The molecule has 1 rings (SSSR count). The molecular formula is C11H18N4O4. The number of aromatic nitrogens is 2. The fourth-order valence-electron chi connectivity index (χ4n) is 1.39. The maximum atomic E-state index is 11.5. The monoisotopic (exact) mass is 270 g/mol. The normalized spacial score (nSPS) is 13.7. The third kappa shape index (κ3) is 4.25. The fraction of sp³-hybridized carbons (Fsp3) is 0.545. The van der Waals surface area contributed by atoms with Crippen molar-refractivity contribution >= 4 is 12.0 Å². The third-order valence-electron chi connectivity index (χ3n) is 2.61. The molecule has 8 nitrogen and oxygen atoms in total. The molecule has 1 heterocycles. The molecule has 0 aromatic carbocycles. The Bertz CT molecular complexity index is 481. The first-order chi connectivity index (χ1) is 8.72. The minimum absolute atomic E-state index is 0.278. The molecule has 0 aliphatic carbocycles. The predicted octanol–water partition coefficient (Wildman–Crippen LogP) is -0.637. The number of carbonyl (C=O) groups excluding carboxylic acids is 1. The lowest BCUT2D eigenvalue weighted by Gasteiger charge is -2.18. The van der Waals surface area contributed by atoms with Crippen LogP contribution in [0.4, 0.5) is 4.79 Å². The van der Waals surface area contributed by atoms with Gasteiger partial charge in [-0.15, -0.1) is 0 Å². The molecule has 0 fully saturated rings. The summed E-state index contributed by atoms with van der Waals surface area (Å²) in [7, 11) is 1.78. The van der Waals surface area contributed by atoms with E-state index in [1.807, 2.05) is 6.92 Å². The zero-order valence-corrected chi connectivity index (χ0v) is 11.1. The Labute approximate surface area is 110 Å². The maximum absolute atomic E-state index is 11.5. The number of aliphatic carboxylic acids is 1. The molecule has 19 heavy (non-hydrogen) atoms. The van der Waals surface area contributed by atoms with Gasteiger partial charge in [0.1, 0.15) is 0 Å². The van der Waals surface area contributed by atoms with Crippen LogP contribution in [-0.2, 0) is 18.4 Å². The smallest absolute Gasteiger partial charge is 0.337 e. The summed E-state index contributed by atoms with van der Waals surface area (Å²) in [6.07, 6.45) is 1.78. The van der Waals surface area contributed by atoms with Crippen molar-refractivity contribution < 1.29 is 19.8 Å². The Kier molecular flexibility index (Phi) is 4.49. The summed E-state index contributed by atoms with van der Waals surface area (Å²) in [5.41, 5.74) is -0.315. The lowest BCUT2D eigenvalue weighted by atomic mass is 10.1. The van der Waals surface area contributed by atoms with E-state index in [-0.39, 0.29) is 13.1 Å². The van der Waals surface area contributed by atoms with Gasteiger partial charge in [-0.3, -0.25) is 4.68 Å². The van der Waals surface area contributed by atoms with Gasteiger partial charge in [0.25, 0.3) is 0 Å². The zero-order valence-electron chi connectivity index (χ0n) is 11.1. The lowest BCUT2D eigenvalue weighted by Crippen LogP contribution is -2.49. The number of carboxylic acid groups (broad SMARTS) is 1. The number of urea groups is 1. The van der Waals surface area contributed by atoms with E-state index in [0.717, 1.165) is 18.2 Å². The molecule has 0 aliphatic heterocycles. The second-order valence-corrected chi connectivity index (χ2v) is 4.53. The summed E-state index contributed by atoms with van der Waals surface area (Å²) < 4.78 is 1.64. The van der Waals surface area contributed by atoms with Crippen LogP contribution in [0.3, 0.4) is 0 Å². The quantitative estimate of drug-likeness (QED) is 0.568. The molecular weight excluding hydrogens is 252 g/mol. The summed E-state index contributed by atoms with van der Waals surface area (Å²) in [5.74, 6) is -1.39. The van der Waals surface area contributed by atoms with Crippen LogP contribution in [0.15, 0.2) is 6.20 Å². The predicted molar refractivity (Wildman–Crippen MR) is 66.4 cm³/mol. The van der Waals surface area contributed by atoms with Crippen molar-refractivity contribution in [1.82, 2.24) is 20.4 Å². The van der Waals surface area contributed by atoms with Crippen molar-refractivity contribution in [3.63, 3.8) is 0 Å². The molecule has 0 saturated heterocycles. The Morgan fingerprint density at radius 3 is 2.58 bits per heavy atom. The van der Waals surface area contributed by atoms with E-state index in [4.69, 9.17) is 5.11 Å². The number of nitrogens with one attached hydrogen (secondary N) is 2. The van der Waals surface area contributed by atoms with Gasteiger partial charge < -0.3 is 20.8 Å². The van der Waals surface area contributed by atoms with Crippen molar-refractivity contribution in [2.24, 2.45) is 7.05 Å². The van der Waals surface area contributed by atoms with Crippen LogP contribution in [0.5, 0.6) is 0 Å². The minimum atomic E-state index is -1.98. The number of nitrogens with zero attached hydrogens (tertiary/aromatic N) is 2. The van der Waals surface area contributed by atoms with E-state index in [9.17, 15) is 14.7 Å². The van der Waals surface area contributed by atoms with Gasteiger partial charge in [-0.2, -0.15) is 5.10 Å². The highest BCUT2D eigenvalue weighted by Crippen LogP contribution is 2.04. The second-order valence-electron chi connectivity index (χ2n) is 4.53. The lowest BCUT2D eigenvalue weighted by molar-refractivity contribution is -0.155. The van der Waals surface area contributed by atoms with Crippen molar-refractivity contribution in [1.29, 1.82) is 0 Å². The van der Waals surface area contributed by atoms with Crippen LogP contribution in [-0.4, -0.2) is 44.1 Å². The maximum Gasteiger partial charge on any atom is 0.337 e. The molecule has 106 valence electrons. The highest BCUT2D eigenvalue weighted by molar-refractivity contribution is 5.79. The van der Waals surface area contributed by atoms with Crippen LogP contribution in [0, 0.1) is 6.92 Å². The Hall–Kier alpha value is -2.09. The summed E-state index contributed by atoms with van der Waals surface area (Å²) in [4.78, 5) is 22.1. The number of aliphatic hydroxyl groups is 1. The second kappa shape index (κ2) is 5.70. The molecule has 1 unspecified atom stereocenters. The Morgan fingerprint density at radius 1 is 1.47 bits per heavy atom. The van der Waals surface area contributed by atoms with Gasteiger partial charge in [-0.1, -0.05) is 0 Å². The van der Waals surface area contributed by atoms with Crippen LogP contribution in [0.2, 0.25) is 0 Å². The first-order valence-electron chi connectivity index (χ1n) is 5.69. The van der Waals surface area contributed by atoms with E-state index in [1.54, 1.807) is 17.9 Å². The van der Waals surface area contributed by atoms with Gasteiger partial charge in [-0.05, 0) is 13.8 Å². The van der Waals surface area contributed by atoms with Gasteiger partial charge in [0.15, 0.2) is 5.60 Å². The standard InChI is InChI=1S/C11H18N4O4/c1-7-8(5-15(3)14-7)4-12-10(18)13-6-11(2,19)9(16)17/h5,19H,4,6H2,1-3H3,(H,16,17)(H2,12,13,18). The van der Waals surface area contributed by atoms with Gasteiger partial charge in [0.2, 0.25) is 0 Å². The molecule has 0 radical (unpaired) electrons. The zero-order chi connectivity index (χ0) is 14.6. The Morgan fingerprint density at radius 2 is 2.11 bits per heavy atom. The molecule has 1 aromatic rings. The molecule has 0 bridgehead atoms. The van der Waals surface area contributed by atoms with Crippen LogP contribution in [0.25, 0.3) is 0 Å². The van der Waals surface area contributed by atoms with E-state index >= 15 is 0 Å². The topological polar surface area (TPSA) is 116 Å². The number of carbonyl (C=O) groups is 2. The molecule has 4 N–H and O–H groups in total. The molecule has 1 aromatic heterocycles. The molecule has 0 aliphatic rings. The average Bonchev–Trinajstić information content (AvgIpc) is 2.62. The number of hydrogen-bond donors (Lipinski definition) is 4. The summed E-state index contributed by atoms with van der Waals surface area (Å²) in [5, 5.41) is 27.1. The van der Waals surface area contributed by atoms with Crippen LogP contribution < -0.4 is 10.6 Å². The van der Waals surface area contributed by atoms with E-state index in [2.05, 4.69) is 15.7 Å². The van der Waals surface area contributed by atoms with Crippen LogP contribution in [0.1, 0.15) is 18.2 Å².